The van der Waals surface area contributed by atoms with E-state index in [0.717, 1.165) is 11.1 Å². The molecule has 2 aliphatic heterocycles. The Kier molecular flexibility index (Phi) is 8.31. The van der Waals surface area contributed by atoms with Crippen molar-refractivity contribution in [3.63, 3.8) is 0 Å². The van der Waals surface area contributed by atoms with Gasteiger partial charge in [0.1, 0.15) is 24.4 Å². The summed E-state index contributed by atoms with van der Waals surface area (Å²) >= 11 is 0. The molecular weight excluding hydrogens is 440 g/mol. The van der Waals surface area contributed by atoms with E-state index in [1.54, 1.807) is 21.0 Å². The van der Waals surface area contributed by atoms with Crippen LogP contribution < -0.4 is 0 Å². The number of hydrogen-bond donors (Lipinski definition) is 0. The standard InChI is InChI=1S/C26H32O8/c1-4-29-25(27)26(2)32-17-20-21(34-26)22(30-15-18-11-7-5-8-12-18)23(24(28-3)33-20)31-16-19-13-9-6-10-14-19/h5-14,20-24H,4,15-17H2,1-3H3/t20-,21+,22+,23-,24-,26+/m1/s1. The Hall–Kier alpha value is -2.33. The molecule has 0 spiro atoms. The molecule has 0 saturated carbocycles. The van der Waals surface area contributed by atoms with E-state index >= 15 is 0 Å². The number of ether oxygens (including phenoxy) is 7. The van der Waals surface area contributed by atoms with Crippen molar-refractivity contribution in [3.05, 3.63) is 71.8 Å². The van der Waals surface area contributed by atoms with Gasteiger partial charge in [-0.05, 0) is 18.1 Å². The van der Waals surface area contributed by atoms with Crippen molar-refractivity contribution in [3.8, 4) is 0 Å². The quantitative estimate of drug-likeness (QED) is 0.515. The molecule has 8 heteroatoms. The van der Waals surface area contributed by atoms with Gasteiger partial charge in [0.25, 0.3) is 5.79 Å². The van der Waals surface area contributed by atoms with Crippen molar-refractivity contribution in [1.82, 2.24) is 0 Å². The Morgan fingerprint density at radius 2 is 1.56 bits per heavy atom. The maximum absolute atomic E-state index is 12.6. The minimum Gasteiger partial charge on any atom is -0.462 e. The van der Waals surface area contributed by atoms with E-state index in [9.17, 15) is 4.79 Å². The van der Waals surface area contributed by atoms with Gasteiger partial charge in [-0.3, -0.25) is 0 Å². The Balaban J connectivity index is 1.58. The van der Waals surface area contributed by atoms with Crippen LogP contribution in [0.25, 0.3) is 0 Å². The van der Waals surface area contributed by atoms with E-state index in [0.29, 0.717) is 13.2 Å². The minimum atomic E-state index is -1.57. The summed E-state index contributed by atoms with van der Waals surface area (Å²) in [6.07, 6.45) is -3.06. The van der Waals surface area contributed by atoms with Gasteiger partial charge in [0, 0.05) is 14.0 Å². The van der Waals surface area contributed by atoms with Gasteiger partial charge in [-0.15, -0.1) is 0 Å². The highest BCUT2D eigenvalue weighted by atomic mass is 16.8. The van der Waals surface area contributed by atoms with Crippen molar-refractivity contribution in [1.29, 1.82) is 0 Å². The first-order valence-corrected chi connectivity index (χ1v) is 11.5. The molecule has 0 aromatic heterocycles. The van der Waals surface area contributed by atoms with Gasteiger partial charge in [-0.2, -0.15) is 0 Å². The second-order valence-electron chi connectivity index (χ2n) is 8.36. The summed E-state index contributed by atoms with van der Waals surface area (Å²) in [6.45, 7) is 4.29. The van der Waals surface area contributed by atoms with Gasteiger partial charge in [0.15, 0.2) is 6.29 Å². The summed E-state index contributed by atoms with van der Waals surface area (Å²) in [5.74, 6) is -2.16. The van der Waals surface area contributed by atoms with E-state index in [-0.39, 0.29) is 13.2 Å². The summed E-state index contributed by atoms with van der Waals surface area (Å²) < 4.78 is 41.5. The fourth-order valence-corrected chi connectivity index (χ4v) is 4.15. The van der Waals surface area contributed by atoms with Crippen LogP contribution in [0.1, 0.15) is 25.0 Å². The highest BCUT2D eigenvalue weighted by Gasteiger charge is 2.56. The molecule has 34 heavy (non-hydrogen) atoms. The fraction of sp³-hybridized carbons (Fsp3) is 0.500. The molecule has 0 amide bonds. The van der Waals surface area contributed by atoms with E-state index in [2.05, 4.69) is 0 Å². The molecule has 0 unspecified atom stereocenters. The smallest absolute Gasteiger partial charge is 0.366 e. The van der Waals surface area contributed by atoms with E-state index < -0.39 is 42.5 Å². The summed E-state index contributed by atoms with van der Waals surface area (Å²) in [7, 11) is 1.56. The van der Waals surface area contributed by atoms with Crippen LogP contribution in [0.3, 0.4) is 0 Å². The lowest BCUT2D eigenvalue weighted by Gasteiger charge is -2.50. The third-order valence-electron chi connectivity index (χ3n) is 5.92. The number of carbonyl (C=O) groups is 1. The third kappa shape index (κ3) is 5.66. The van der Waals surface area contributed by atoms with Gasteiger partial charge in [-0.1, -0.05) is 60.7 Å². The number of esters is 1. The molecule has 6 atom stereocenters. The van der Waals surface area contributed by atoms with Crippen molar-refractivity contribution < 1.29 is 38.0 Å². The van der Waals surface area contributed by atoms with Crippen LogP contribution in [-0.4, -0.2) is 62.8 Å². The van der Waals surface area contributed by atoms with Gasteiger partial charge in [0.05, 0.1) is 26.4 Å². The van der Waals surface area contributed by atoms with Crippen molar-refractivity contribution in [2.75, 3.05) is 20.3 Å². The van der Waals surface area contributed by atoms with Gasteiger partial charge < -0.3 is 33.2 Å². The molecule has 2 aromatic carbocycles. The van der Waals surface area contributed by atoms with Gasteiger partial charge in [-0.25, -0.2) is 4.79 Å². The van der Waals surface area contributed by atoms with Crippen LogP contribution in [0.4, 0.5) is 0 Å². The molecule has 0 N–H and O–H groups in total. The maximum atomic E-state index is 12.6. The fourth-order valence-electron chi connectivity index (χ4n) is 4.15. The lowest BCUT2D eigenvalue weighted by atomic mass is 9.96. The Bertz CT molecular complexity index is 908. The van der Waals surface area contributed by atoms with E-state index in [4.69, 9.17) is 33.2 Å². The molecule has 2 aliphatic rings. The normalized spacial score (nSPS) is 31.0. The molecule has 0 radical (unpaired) electrons. The number of benzene rings is 2. The average Bonchev–Trinajstić information content (AvgIpc) is 2.87. The summed E-state index contributed by atoms with van der Waals surface area (Å²) in [5, 5.41) is 0. The van der Waals surface area contributed by atoms with Crippen LogP contribution in [0, 0.1) is 0 Å². The average molecular weight is 473 g/mol. The van der Waals surface area contributed by atoms with Crippen LogP contribution in [0.15, 0.2) is 60.7 Å². The third-order valence-corrected chi connectivity index (χ3v) is 5.92. The molecule has 2 aromatic rings. The molecule has 2 fully saturated rings. The lowest BCUT2D eigenvalue weighted by Crippen LogP contribution is -2.67. The van der Waals surface area contributed by atoms with E-state index in [1.165, 1.54) is 0 Å². The first-order chi connectivity index (χ1) is 16.5. The largest absolute Gasteiger partial charge is 0.462 e. The second-order valence-corrected chi connectivity index (χ2v) is 8.36. The van der Waals surface area contributed by atoms with E-state index in [1.807, 2.05) is 60.7 Å². The first kappa shape index (κ1) is 24.8. The molecule has 0 bridgehead atoms. The highest BCUT2D eigenvalue weighted by molar-refractivity contribution is 5.77. The summed E-state index contributed by atoms with van der Waals surface area (Å²) in [6, 6.07) is 19.7. The maximum Gasteiger partial charge on any atom is 0.366 e. The lowest BCUT2D eigenvalue weighted by molar-refractivity contribution is -0.385. The topological polar surface area (TPSA) is 81.7 Å². The van der Waals surface area contributed by atoms with Crippen LogP contribution in [0.5, 0.6) is 0 Å². The van der Waals surface area contributed by atoms with Gasteiger partial charge >= 0.3 is 5.97 Å². The zero-order valence-corrected chi connectivity index (χ0v) is 19.8. The number of fused-ring (bicyclic) bond motifs is 1. The second kappa shape index (κ2) is 11.4. The number of methoxy groups -OCH3 is 1. The number of rotatable bonds is 9. The SMILES string of the molecule is CCOC(=O)[C@@]1(C)OC[C@H]2O[C@@H](OC)[C@H](OCc3ccccc3)[C@@H](OCc3ccccc3)[C@H]2O1. The van der Waals surface area contributed by atoms with Crippen LogP contribution in [-0.2, 0) is 51.2 Å². The predicted molar refractivity (Wildman–Crippen MR) is 122 cm³/mol. The van der Waals surface area contributed by atoms with Crippen LogP contribution >= 0.6 is 0 Å². The number of carbonyl (C=O) groups excluding carboxylic acids is 1. The highest BCUT2D eigenvalue weighted by Crippen LogP contribution is 2.36. The number of hydrogen-bond acceptors (Lipinski definition) is 8. The van der Waals surface area contributed by atoms with Crippen LogP contribution in [0.2, 0.25) is 0 Å². The zero-order chi connectivity index (χ0) is 24.0. The molecule has 2 saturated heterocycles. The zero-order valence-electron chi connectivity index (χ0n) is 19.8. The predicted octanol–water partition coefficient (Wildman–Crippen LogP) is 3.22. The molecule has 4 rings (SSSR count). The van der Waals surface area contributed by atoms with Gasteiger partial charge in [0.2, 0.25) is 0 Å². The summed E-state index contributed by atoms with van der Waals surface area (Å²) in [5.41, 5.74) is 2.01. The molecule has 8 nitrogen and oxygen atoms in total. The first-order valence-electron chi connectivity index (χ1n) is 11.5. The van der Waals surface area contributed by atoms with Crippen molar-refractivity contribution in [2.45, 2.75) is 63.6 Å². The monoisotopic (exact) mass is 472 g/mol. The minimum absolute atomic E-state index is 0.121. The van der Waals surface area contributed by atoms with Crippen molar-refractivity contribution >= 4 is 5.97 Å². The molecular formula is C26H32O8. The summed E-state index contributed by atoms with van der Waals surface area (Å²) in [4.78, 5) is 12.6. The molecule has 0 aliphatic carbocycles. The Morgan fingerprint density at radius 3 is 2.12 bits per heavy atom. The molecule has 2 heterocycles. The van der Waals surface area contributed by atoms with Crippen molar-refractivity contribution in [2.24, 2.45) is 0 Å². The Morgan fingerprint density at radius 1 is 0.971 bits per heavy atom. The Labute approximate surface area is 200 Å². The molecule has 184 valence electrons.